The minimum absolute atomic E-state index is 0.367. The Morgan fingerprint density at radius 1 is 1.18 bits per heavy atom. The van der Waals surface area contributed by atoms with E-state index >= 15 is 0 Å². The lowest BCUT2D eigenvalue weighted by Gasteiger charge is -2.17. The van der Waals surface area contributed by atoms with Crippen LogP contribution >= 0.6 is 0 Å². The highest BCUT2D eigenvalue weighted by molar-refractivity contribution is 7.90. The molecule has 0 aliphatic rings. The first-order valence-electron chi connectivity index (χ1n) is 6.04. The Balaban J connectivity index is 2.74. The molecule has 0 heterocycles. The highest BCUT2D eigenvalue weighted by atomic mass is 32.2. The van der Waals surface area contributed by atoms with Crippen molar-refractivity contribution in [3.05, 3.63) is 24.3 Å². The molecule has 1 rings (SSSR count). The Labute approximate surface area is 104 Å². The highest BCUT2D eigenvalue weighted by Crippen LogP contribution is 2.16. The van der Waals surface area contributed by atoms with Crippen molar-refractivity contribution in [1.82, 2.24) is 0 Å². The second-order valence-corrected chi connectivity index (χ2v) is 6.35. The van der Waals surface area contributed by atoms with Gasteiger partial charge in [0, 0.05) is 18.0 Å². The molecule has 0 saturated heterocycles. The molecule has 3 nitrogen and oxygen atoms in total. The summed E-state index contributed by atoms with van der Waals surface area (Å²) < 4.78 is 22.6. The Hall–Kier alpha value is -1.03. The van der Waals surface area contributed by atoms with Crippen molar-refractivity contribution in [3.8, 4) is 0 Å². The minimum Gasteiger partial charge on any atom is -0.382 e. The zero-order valence-corrected chi connectivity index (χ0v) is 11.5. The summed E-state index contributed by atoms with van der Waals surface area (Å²) in [5.74, 6) is 0. The summed E-state index contributed by atoms with van der Waals surface area (Å²) in [4.78, 5) is 0.367. The molecular weight excluding hydrogens is 234 g/mol. The normalized spacial score (nSPS) is 13.4. The fraction of sp³-hybridized carbons (Fsp3) is 0.538. The zero-order chi connectivity index (χ0) is 12.9. The lowest BCUT2D eigenvalue weighted by Crippen LogP contribution is -2.17. The molecule has 1 N–H and O–H groups in total. The molecule has 0 aliphatic heterocycles. The molecule has 96 valence electrons. The second-order valence-electron chi connectivity index (χ2n) is 4.33. The van der Waals surface area contributed by atoms with E-state index in [-0.39, 0.29) is 0 Å². The van der Waals surface area contributed by atoms with Crippen LogP contribution in [0.25, 0.3) is 0 Å². The van der Waals surface area contributed by atoms with E-state index in [4.69, 9.17) is 0 Å². The Bertz CT molecular complexity index is 437. The van der Waals surface area contributed by atoms with Crippen LogP contribution in [0.2, 0.25) is 0 Å². The average Bonchev–Trinajstić information content (AvgIpc) is 2.28. The van der Waals surface area contributed by atoms with E-state index in [1.807, 2.05) is 12.1 Å². The van der Waals surface area contributed by atoms with E-state index in [9.17, 15) is 8.42 Å². The molecule has 0 fully saturated rings. The molecule has 0 spiro atoms. The van der Waals surface area contributed by atoms with Crippen molar-refractivity contribution >= 4 is 15.5 Å². The van der Waals surface area contributed by atoms with Crippen LogP contribution in [0.1, 0.15) is 33.1 Å². The number of rotatable bonds is 6. The van der Waals surface area contributed by atoms with Crippen LogP contribution < -0.4 is 5.32 Å². The third-order valence-corrected chi connectivity index (χ3v) is 3.91. The summed E-state index contributed by atoms with van der Waals surface area (Å²) >= 11 is 0. The molecule has 1 atom stereocenters. The predicted molar refractivity (Wildman–Crippen MR) is 72.2 cm³/mol. The van der Waals surface area contributed by atoms with Crippen molar-refractivity contribution in [2.45, 2.75) is 44.0 Å². The van der Waals surface area contributed by atoms with Gasteiger partial charge in [0.05, 0.1) is 4.90 Å². The molecule has 0 radical (unpaired) electrons. The van der Waals surface area contributed by atoms with Crippen LogP contribution in [0.4, 0.5) is 5.69 Å². The molecule has 4 heteroatoms. The van der Waals surface area contributed by atoms with E-state index in [1.54, 1.807) is 12.1 Å². The van der Waals surface area contributed by atoms with Gasteiger partial charge in [0.2, 0.25) is 0 Å². The van der Waals surface area contributed by atoms with Crippen molar-refractivity contribution in [1.29, 1.82) is 0 Å². The lowest BCUT2D eigenvalue weighted by molar-refractivity contribution is 0.602. The summed E-state index contributed by atoms with van der Waals surface area (Å²) in [6.45, 7) is 4.31. The molecule has 1 aromatic carbocycles. The Morgan fingerprint density at radius 3 is 2.18 bits per heavy atom. The molecule has 0 amide bonds. The number of anilines is 1. The van der Waals surface area contributed by atoms with E-state index in [0.717, 1.165) is 24.9 Å². The summed E-state index contributed by atoms with van der Waals surface area (Å²) in [7, 11) is -3.09. The van der Waals surface area contributed by atoms with Crippen molar-refractivity contribution in [3.63, 3.8) is 0 Å². The lowest BCUT2D eigenvalue weighted by atomic mass is 10.1. The number of benzene rings is 1. The maximum absolute atomic E-state index is 11.3. The first-order chi connectivity index (χ1) is 7.97. The van der Waals surface area contributed by atoms with Crippen LogP contribution in [0.5, 0.6) is 0 Å². The fourth-order valence-corrected chi connectivity index (χ4v) is 2.39. The van der Waals surface area contributed by atoms with Gasteiger partial charge >= 0.3 is 0 Å². The van der Waals surface area contributed by atoms with Crippen LogP contribution in [-0.4, -0.2) is 20.7 Å². The third kappa shape index (κ3) is 4.38. The van der Waals surface area contributed by atoms with Crippen LogP contribution in [0.15, 0.2) is 29.2 Å². The van der Waals surface area contributed by atoms with Gasteiger partial charge in [0.15, 0.2) is 9.84 Å². The zero-order valence-electron chi connectivity index (χ0n) is 10.7. The summed E-state index contributed by atoms with van der Waals surface area (Å²) in [6.07, 6.45) is 4.57. The maximum atomic E-state index is 11.3. The first kappa shape index (κ1) is 14.0. The predicted octanol–water partition coefficient (Wildman–Crippen LogP) is 3.08. The van der Waals surface area contributed by atoms with Crippen LogP contribution in [0.3, 0.4) is 0 Å². The van der Waals surface area contributed by atoms with Gasteiger partial charge in [0.1, 0.15) is 0 Å². The molecular formula is C13H21NO2S. The Kier molecular flexibility index (Phi) is 5.00. The summed E-state index contributed by atoms with van der Waals surface area (Å²) in [6, 6.07) is 7.42. The van der Waals surface area contributed by atoms with Crippen LogP contribution in [-0.2, 0) is 9.84 Å². The number of hydrogen-bond donors (Lipinski definition) is 1. The smallest absolute Gasteiger partial charge is 0.175 e. The SMILES string of the molecule is CCCC(CC)Nc1ccc(S(C)(=O)=O)cc1. The van der Waals surface area contributed by atoms with Gasteiger partial charge in [-0.2, -0.15) is 0 Å². The van der Waals surface area contributed by atoms with Gasteiger partial charge in [-0.3, -0.25) is 0 Å². The van der Waals surface area contributed by atoms with Crippen LogP contribution in [0, 0.1) is 0 Å². The molecule has 0 aliphatic carbocycles. The van der Waals surface area contributed by atoms with Gasteiger partial charge < -0.3 is 5.32 Å². The summed E-state index contributed by atoms with van der Waals surface area (Å²) in [5.41, 5.74) is 0.984. The molecule has 17 heavy (non-hydrogen) atoms. The molecule has 1 unspecified atom stereocenters. The largest absolute Gasteiger partial charge is 0.382 e. The minimum atomic E-state index is -3.09. The number of nitrogens with one attached hydrogen (secondary N) is 1. The molecule has 1 aromatic rings. The van der Waals surface area contributed by atoms with Gasteiger partial charge in [-0.15, -0.1) is 0 Å². The standard InChI is InChI=1S/C13H21NO2S/c1-4-6-11(5-2)14-12-7-9-13(10-8-12)17(3,15)16/h7-11,14H,4-6H2,1-3H3. The molecule has 0 bridgehead atoms. The van der Waals surface area contributed by atoms with E-state index < -0.39 is 9.84 Å². The van der Waals surface area contributed by atoms with Crippen molar-refractivity contribution in [2.24, 2.45) is 0 Å². The Morgan fingerprint density at radius 2 is 1.76 bits per heavy atom. The maximum Gasteiger partial charge on any atom is 0.175 e. The van der Waals surface area contributed by atoms with E-state index in [2.05, 4.69) is 19.2 Å². The number of sulfone groups is 1. The van der Waals surface area contributed by atoms with Gasteiger partial charge in [0.25, 0.3) is 0 Å². The molecule has 0 aromatic heterocycles. The topological polar surface area (TPSA) is 46.2 Å². The van der Waals surface area contributed by atoms with E-state index in [1.165, 1.54) is 6.26 Å². The molecule has 0 saturated carbocycles. The van der Waals surface area contributed by atoms with E-state index in [0.29, 0.717) is 10.9 Å². The fourth-order valence-electron chi connectivity index (χ4n) is 1.76. The first-order valence-corrected chi connectivity index (χ1v) is 7.93. The third-order valence-electron chi connectivity index (χ3n) is 2.78. The van der Waals surface area contributed by atoms with Crippen molar-refractivity contribution in [2.75, 3.05) is 11.6 Å². The quantitative estimate of drug-likeness (QED) is 0.849. The number of hydrogen-bond acceptors (Lipinski definition) is 3. The average molecular weight is 255 g/mol. The second kappa shape index (κ2) is 6.05. The highest BCUT2D eigenvalue weighted by Gasteiger charge is 2.08. The van der Waals surface area contributed by atoms with Gasteiger partial charge in [-0.1, -0.05) is 20.3 Å². The van der Waals surface area contributed by atoms with Gasteiger partial charge in [-0.05, 0) is 37.1 Å². The van der Waals surface area contributed by atoms with Crippen molar-refractivity contribution < 1.29 is 8.42 Å². The monoisotopic (exact) mass is 255 g/mol. The van der Waals surface area contributed by atoms with Gasteiger partial charge in [-0.25, -0.2) is 8.42 Å². The summed E-state index contributed by atoms with van der Waals surface area (Å²) in [5, 5.41) is 3.41.